The minimum absolute atomic E-state index is 0.125. The van der Waals surface area contributed by atoms with Crippen molar-refractivity contribution in [2.75, 3.05) is 13.1 Å². The van der Waals surface area contributed by atoms with E-state index < -0.39 is 50.3 Å². The van der Waals surface area contributed by atoms with E-state index in [1.807, 2.05) is 0 Å². The molecule has 224 valence electrons. The van der Waals surface area contributed by atoms with E-state index in [1.54, 1.807) is 0 Å². The number of hydrogen-bond acceptors (Lipinski definition) is 4. The predicted molar refractivity (Wildman–Crippen MR) is 136 cm³/mol. The molecular weight excluding hydrogens is 576 g/mol. The van der Waals surface area contributed by atoms with Crippen LogP contribution in [-0.4, -0.2) is 54.6 Å². The standard InChI is InChI=1S/C27H29F6N3O4S/c28-26(29,30)19-4-1-3-18(15-19)17-34-24(37)9-10-25(38)35-13-11-22(12-14-35)36(21-7-8-21)41(39,40)23-6-2-5-20(16-23)27(31,32)33/h1-6,15-16,21-22H,7-14,17H2,(H,34,37). The molecule has 2 aliphatic rings. The number of halogens is 6. The Morgan fingerprint density at radius 1 is 0.829 bits per heavy atom. The molecule has 2 aromatic carbocycles. The number of sulfonamides is 1. The summed E-state index contributed by atoms with van der Waals surface area (Å²) < 4.78 is 106. The Kier molecular flexibility index (Phi) is 9.02. The average Bonchev–Trinajstić information content (AvgIpc) is 3.75. The Labute approximate surface area is 233 Å². The molecule has 0 aromatic heterocycles. The van der Waals surface area contributed by atoms with E-state index in [0.717, 1.165) is 30.3 Å². The summed E-state index contributed by atoms with van der Waals surface area (Å²) in [5, 5.41) is 2.50. The van der Waals surface area contributed by atoms with E-state index in [1.165, 1.54) is 21.3 Å². The fourth-order valence-electron chi connectivity index (χ4n) is 4.87. The number of piperidine rings is 1. The highest BCUT2D eigenvalue weighted by molar-refractivity contribution is 7.89. The highest BCUT2D eigenvalue weighted by atomic mass is 32.2. The molecule has 2 amide bonds. The second kappa shape index (κ2) is 12.0. The van der Waals surface area contributed by atoms with Gasteiger partial charge in [-0.25, -0.2) is 8.42 Å². The predicted octanol–water partition coefficient (Wildman–Crippen LogP) is 4.96. The molecule has 1 aliphatic heterocycles. The van der Waals surface area contributed by atoms with Crippen molar-refractivity contribution < 1.29 is 44.3 Å². The van der Waals surface area contributed by atoms with Crippen LogP contribution in [0.3, 0.4) is 0 Å². The zero-order chi connectivity index (χ0) is 30.0. The maximum absolute atomic E-state index is 13.4. The molecule has 1 saturated carbocycles. The van der Waals surface area contributed by atoms with Crippen molar-refractivity contribution in [2.45, 2.75) is 74.4 Å². The minimum Gasteiger partial charge on any atom is -0.352 e. The Morgan fingerprint density at radius 2 is 1.39 bits per heavy atom. The summed E-state index contributed by atoms with van der Waals surface area (Å²) >= 11 is 0. The molecule has 1 N–H and O–H groups in total. The highest BCUT2D eigenvalue weighted by Crippen LogP contribution is 2.38. The van der Waals surface area contributed by atoms with Crippen LogP contribution in [0, 0.1) is 0 Å². The number of alkyl halides is 6. The summed E-state index contributed by atoms with van der Waals surface area (Å²) in [7, 11) is -4.21. The number of likely N-dealkylation sites (tertiary alicyclic amines) is 1. The van der Waals surface area contributed by atoms with Crippen LogP contribution in [0.4, 0.5) is 26.3 Å². The SMILES string of the molecule is O=C(CCC(=O)N1CCC(N(C2CC2)S(=O)(=O)c2cccc(C(F)(F)F)c2)CC1)NCc1cccc(C(F)(F)F)c1. The summed E-state index contributed by atoms with van der Waals surface area (Å²) in [6.45, 7) is 0.313. The maximum Gasteiger partial charge on any atom is 0.416 e. The molecule has 14 heteroatoms. The molecule has 0 bridgehead atoms. The van der Waals surface area contributed by atoms with Crippen molar-refractivity contribution in [2.24, 2.45) is 0 Å². The van der Waals surface area contributed by atoms with Gasteiger partial charge in [0.1, 0.15) is 0 Å². The number of benzene rings is 2. The number of amides is 2. The van der Waals surface area contributed by atoms with Gasteiger partial charge in [0.25, 0.3) is 0 Å². The van der Waals surface area contributed by atoms with Crippen molar-refractivity contribution in [3.63, 3.8) is 0 Å². The number of hydrogen-bond donors (Lipinski definition) is 1. The van der Waals surface area contributed by atoms with Crippen LogP contribution in [0.5, 0.6) is 0 Å². The smallest absolute Gasteiger partial charge is 0.352 e. The van der Waals surface area contributed by atoms with Gasteiger partial charge in [-0.05, 0) is 61.6 Å². The van der Waals surface area contributed by atoms with Crippen LogP contribution in [0.25, 0.3) is 0 Å². The maximum atomic E-state index is 13.4. The Bertz CT molecular complexity index is 1370. The lowest BCUT2D eigenvalue weighted by molar-refractivity contribution is -0.138. The van der Waals surface area contributed by atoms with Gasteiger partial charge in [0.15, 0.2) is 0 Å². The van der Waals surface area contributed by atoms with Crippen LogP contribution >= 0.6 is 0 Å². The molecule has 1 saturated heterocycles. The van der Waals surface area contributed by atoms with E-state index in [-0.39, 0.29) is 50.0 Å². The third-order valence-electron chi connectivity index (χ3n) is 7.13. The number of nitrogens with one attached hydrogen (secondary N) is 1. The molecule has 1 heterocycles. The van der Waals surface area contributed by atoms with Crippen LogP contribution in [-0.2, 0) is 38.5 Å². The minimum atomic E-state index is -4.68. The quantitative estimate of drug-likeness (QED) is 0.410. The molecule has 2 fully saturated rings. The van der Waals surface area contributed by atoms with Crippen molar-refractivity contribution >= 4 is 21.8 Å². The largest absolute Gasteiger partial charge is 0.416 e. The first-order chi connectivity index (χ1) is 19.2. The fourth-order valence-corrected chi connectivity index (χ4v) is 6.85. The van der Waals surface area contributed by atoms with Gasteiger partial charge in [0.05, 0.1) is 16.0 Å². The van der Waals surface area contributed by atoms with Gasteiger partial charge >= 0.3 is 12.4 Å². The van der Waals surface area contributed by atoms with Crippen molar-refractivity contribution in [1.82, 2.24) is 14.5 Å². The van der Waals surface area contributed by atoms with Gasteiger partial charge in [-0.3, -0.25) is 9.59 Å². The van der Waals surface area contributed by atoms with E-state index in [2.05, 4.69) is 5.32 Å². The van der Waals surface area contributed by atoms with E-state index in [0.29, 0.717) is 31.7 Å². The Hall–Kier alpha value is -3.13. The Morgan fingerprint density at radius 3 is 1.98 bits per heavy atom. The molecule has 0 atom stereocenters. The van der Waals surface area contributed by atoms with Gasteiger partial charge in [-0.2, -0.15) is 30.6 Å². The second-order valence-corrected chi connectivity index (χ2v) is 12.0. The molecule has 0 unspecified atom stereocenters. The first kappa shape index (κ1) is 30.8. The van der Waals surface area contributed by atoms with E-state index in [4.69, 9.17) is 0 Å². The summed E-state index contributed by atoms with van der Waals surface area (Å²) in [4.78, 5) is 26.0. The van der Waals surface area contributed by atoms with Crippen molar-refractivity contribution in [3.8, 4) is 0 Å². The van der Waals surface area contributed by atoms with Crippen molar-refractivity contribution in [1.29, 1.82) is 0 Å². The number of carbonyl (C=O) groups is 2. The molecule has 0 spiro atoms. The fraction of sp³-hybridized carbons (Fsp3) is 0.481. The van der Waals surface area contributed by atoms with Crippen LogP contribution in [0.15, 0.2) is 53.4 Å². The van der Waals surface area contributed by atoms with Gasteiger partial charge in [-0.15, -0.1) is 0 Å². The zero-order valence-corrected chi connectivity index (χ0v) is 22.7. The van der Waals surface area contributed by atoms with E-state index in [9.17, 15) is 44.3 Å². The lowest BCUT2D eigenvalue weighted by Gasteiger charge is -2.38. The molecule has 1 aliphatic carbocycles. The monoisotopic (exact) mass is 605 g/mol. The summed E-state index contributed by atoms with van der Waals surface area (Å²) in [6, 6.07) is 7.44. The molecule has 41 heavy (non-hydrogen) atoms. The zero-order valence-electron chi connectivity index (χ0n) is 21.8. The van der Waals surface area contributed by atoms with Crippen molar-refractivity contribution in [3.05, 3.63) is 65.2 Å². The number of rotatable bonds is 9. The molecule has 0 radical (unpaired) electrons. The lowest BCUT2D eigenvalue weighted by atomic mass is 10.0. The summed E-state index contributed by atoms with van der Waals surface area (Å²) in [5.41, 5.74) is -1.61. The highest BCUT2D eigenvalue weighted by Gasteiger charge is 2.44. The molecule has 7 nitrogen and oxygen atoms in total. The third kappa shape index (κ3) is 7.79. The first-order valence-electron chi connectivity index (χ1n) is 13.1. The third-order valence-corrected chi connectivity index (χ3v) is 9.13. The topological polar surface area (TPSA) is 86.8 Å². The summed E-state index contributed by atoms with van der Waals surface area (Å²) in [6.07, 6.45) is -7.69. The first-order valence-corrected chi connectivity index (χ1v) is 14.5. The lowest BCUT2D eigenvalue weighted by Crippen LogP contribution is -2.49. The van der Waals surface area contributed by atoms with Gasteiger partial charge < -0.3 is 10.2 Å². The molecule has 2 aromatic rings. The normalized spacial score (nSPS) is 17.1. The van der Waals surface area contributed by atoms with Crippen LogP contribution in [0.1, 0.15) is 55.2 Å². The van der Waals surface area contributed by atoms with Gasteiger partial charge in [0.2, 0.25) is 21.8 Å². The Balaban J connectivity index is 1.29. The molecule has 4 rings (SSSR count). The summed E-state index contributed by atoms with van der Waals surface area (Å²) in [5.74, 6) is -0.825. The van der Waals surface area contributed by atoms with E-state index >= 15 is 0 Å². The molecular formula is C27H29F6N3O4S. The number of carbonyl (C=O) groups excluding carboxylic acids is 2. The van der Waals surface area contributed by atoms with Gasteiger partial charge in [-0.1, -0.05) is 18.2 Å². The van der Waals surface area contributed by atoms with Crippen LogP contribution in [0.2, 0.25) is 0 Å². The number of nitrogens with zero attached hydrogens (tertiary/aromatic N) is 2. The average molecular weight is 606 g/mol. The second-order valence-electron chi connectivity index (χ2n) is 10.2. The van der Waals surface area contributed by atoms with Crippen LogP contribution < -0.4 is 5.32 Å². The van der Waals surface area contributed by atoms with Gasteiger partial charge in [0, 0.05) is 44.6 Å².